The second-order valence-electron chi connectivity index (χ2n) is 9.60. The number of carbonyl (C=O) groups is 3. The molecule has 1 fully saturated rings. The summed E-state index contributed by atoms with van der Waals surface area (Å²) in [4.78, 5) is 38.7. The van der Waals surface area contributed by atoms with Gasteiger partial charge in [0, 0.05) is 42.7 Å². The van der Waals surface area contributed by atoms with Crippen LogP contribution in [0.15, 0.2) is 42.5 Å². The highest BCUT2D eigenvalue weighted by Gasteiger charge is 2.29. The van der Waals surface area contributed by atoms with Crippen LogP contribution in [0.25, 0.3) is 0 Å². The summed E-state index contributed by atoms with van der Waals surface area (Å²) in [6.45, 7) is 9.60. The number of nitrogens with zero attached hydrogens (tertiary/aromatic N) is 1. The molecule has 0 spiro atoms. The van der Waals surface area contributed by atoms with Crippen LogP contribution in [0.1, 0.15) is 79.7 Å². The Kier molecular flexibility index (Phi) is 8.85. The van der Waals surface area contributed by atoms with Gasteiger partial charge in [-0.15, -0.1) is 0 Å². The van der Waals surface area contributed by atoms with Gasteiger partial charge in [-0.25, -0.2) is 0 Å². The van der Waals surface area contributed by atoms with E-state index in [0.717, 1.165) is 31.4 Å². The van der Waals surface area contributed by atoms with Gasteiger partial charge in [-0.2, -0.15) is 0 Å². The smallest absolute Gasteiger partial charge is 0.251 e. The Hall–Kier alpha value is -3.15. The van der Waals surface area contributed by atoms with E-state index >= 15 is 0 Å². The molecule has 1 atom stereocenters. The Morgan fingerprint density at radius 2 is 1.82 bits per heavy atom. The molecule has 0 saturated carbocycles. The van der Waals surface area contributed by atoms with Crippen LogP contribution in [0.5, 0.6) is 11.5 Å². The van der Waals surface area contributed by atoms with Gasteiger partial charge < -0.3 is 15.0 Å². The van der Waals surface area contributed by atoms with Gasteiger partial charge >= 0.3 is 0 Å². The van der Waals surface area contributed by atoms with Crippen molar-refractivity contribution >= 4 is 17.6 Å². The fourth-order valence-corrected chi connectivity index (χ4v) is 4.10. The van der Waals surface area contributed by atoms with Crippen molar-refractivity contribution < 1.29 is 19.1 Å². The van der Waals surface area contributed by atoms with Crippen LogP contribution >= 0.6 is 0 Å². The fourth-order valence-electron chi connectivity index (χ4n) is 4.10. The van der Waals surface area contributed by atoms with Crippen LogP contribution < -0.4 is 10.1 Å². The number of Topliss-reactive ketones (excluding diaryl/α,β-unsaturated/α-hetero) is 1. The number of rotatable bonds is 11. The number of amides is 2. The third-order valence-corrected chi connectivity index (χ3v) is 6.11. The van der Waals surface area contributed by atoms with Crippen molar-refractivity contribution in [3.8, 4) is 11.5 Å². The highest BCUT2D eigenvalue weighted by molar-refractivity contribution is 5.95. The van der Waals surface area contributed by atoms with Gasteiger partial charge in [0.25, 0.3) is 5.91 Å². The molecule has 2 amide bonds. The predicted octanol–water partition coefficient (Wildman–Crippen LogP) is 5.61. The van der Waals surface area contributed by atoms with Crippen LogP contribution in [-0.2, 0) is 11.3 Å². The van der Waals surface area contributed by atoms with Crippen molar-refractivity contribution in [2.24, 2.45) is 11.8 Å². The van der Waals surface area contributed by atoms with E-state index in [-0.39, 0.29) is 17.6 Å². The second-order valence-corrected chi connectivity index (χ2v) is 9.60. The number of ketones is 1. The maximum Gasteiger partial charge on any atom is 0.251 e. The molecule has 1 heterocycles. The number of hydrogen-bond acceptors (Lipinski definition) is 4. The number of carbonyl (C=O) groups excluding carboxylic acids is 3. The van der Waals surface area contributed by atoms with Gasteiger partial charge in [-0.3, -0.25) is 14.4 Å². The molecule has 34 heavy (non-hydrogen) atoms. The maximum atomic E-state index is 12.6. The summed E-state index contributed by atoms with van der Waals surface area (Å²) in [6, 6.07) is 12.3. The van der Waals surface area contributed by atoms with Crippen LogP contribution in [0.2, 0.25) is 0 Å². The van der Waals surface area contributed by atoms with E-state index in [1.54, 1.807) is 36.4 Å². The normalized spacial score (nSPS) is 15.6. The highest BCUT2D eigenvalue weighted by Crippen LogP contribution is 2.31. The first kappa shape index (κ1) is 25.5. The lowest BCUT2D eigenvalue weighted by Gasteiger charge is -2.20. The summed E-state index contributed by atoms with van der Waals surface area (Å²) >= 11 is 0. The minimum atomic E-state index is -0.121. The molecule has 1 N–H and O–H groups in total. The average Bonchev–Trinajstić information content (AvgIpc) is 3.16. The molecule has 3 rings (SSSR count). The van der Waals surface area contributed by atoms with Crippen molar-refractivity contribution in [3.63, 3.8) is 0 Å². The summed E-state index contributed by atoms with van der Waals surface area (Å²) in [7, 11) is 0. The molecule has 6 nitrogen and oxygen atoms in total. The molecule has 182 valence electrons. The quantitative estimate of drug-likeness (QED) is 0.439. The Morgan fingerprint density at radius 1 is 1.12 bits per heavy atom. The zero-order chi connectivity index (χ0) is 24.7. The van der Waals surface area contributed by atoms with E-state index in [0.29, 0.717) is 54.0 Å². The molecule has 0 bridgehead atoms. The Labute approximate surface area is 202 Å². The topological polar surface area (TPSA) is 75.7 Å². The van der Waals surface area contributed by atoms with Gasteiger partial charge in [0.1, 0.15) is 11.5 Å². The molecule has 0 aliphatic carbocycles. The SMILES string of the molecule is CCCCC1CC(=O)N(Cc2ccc(C(C)=O)cc2Oc2ccc(C(=O)NCC(C)C)cc2)C1. The molecule has 1 unspecified atom stereocenters. The number of nitrogens with one attached hydrogen (secondary N) is 1. The monoisotopic (exact) mass is 464 g/mol. The summed E-state index contributed by atoms with van der Waals surface area (Å²) < 4.78 is 6.15. The van der Waals surface area contributed by atoms with Gasteiger partial charge in [-0.05, 0) is 55.5 Å². The lowest BCUT2D eigenvalue weighted by molar-refractivity contribution is -0.128. The highest BCUT2D eigenvalue weighted by atomic mass is 16.5. The number of unbranched alkanes of at least 4 members (excludes halogenated alkanes) is 1. The van der Waals surface area contributed by atoms with Gasteiger partial charge in [0.15, 0.2) is 5.78 Å². The first-order valence-corrected chi connectivity index (χ1v) is 12.2. The minimum absolute atomic E-state index is 0.0505. The fraction of sp³-hybridized carbons (Fsp3) is 0.464. The summed E-state index contributed by atoms with van der Waals surface area (Å²) in [5.74, 6) is 1.89. The average molecular weight is 465 g/mol. The van der Waals surface area contributed by atoms with E-state index in [2.05, 4.69) is 12.2 Å². The number of likely N-dealkylation sites (tertiary alicyclic amines) is 1. The van der Waals surface area contributed by atoms with Crippen LogP contribution in [-0.4, -0.2) is 35.6 Å². The van der Waals surface area contributed by atoms with Crippen molar-refractivity contribution in [1.82, 2.24) is 10.2 Å². The first-order valence-electron chi connectivity index (χ1n) is 12.2. The number of benzene rings is 2. The molecule has 0 radical (unpaired) electrons. The lowest BCUT2D eigenvalue weighted by Crippen LogP contribution is -2.27. The van der Waals surface area contributed by atoms with Crippen molar-refractivity contribution in [2.45, 2.75) is 59.9 Å². The molecule has 2 aromatic carbocycles. The van der Waals surface area contributed by atoms with E-state index in [1.807, 2.05) is 24.8 Å². The Morgan fingerprint density at radius 3 is 2.47 bits per heavy atom. The zero-order valence-corrected chi connectivity index (χ0v) is 20.7. The standard InChI is InChI=1S/C28H36N2O4/c1-5-6-7-21-14-27(32)30(17-21)18-24-9-8-23(20(4)31)15-26(24)34-25-12-10-22(11-13-25)28(33)29-16-19(2)3/h8-13,15,19,21H,5-7,14,16-18H2,1-4H3,(H,29,33). The van der Waals surface area contributed by atoms with Crippen molar-refractivity contribution in [1.29, 1.82) is 0 Å². The van der Waals surface area contributed by atoms with Gasteiger partial charge in [-0.1, -0.05) is 45.7 Å². The molecule has 6 heteroatoms. The third-order valence-electron chi connectivity index (χ3n) is 6.11. The van der Waals surface area contributed by atoms with E-state index in [9.17, 15) is 14.4 Å². The van der Waals surface area contributed by atoms with Crippen LogP contribution in [0, 0.1) is 11.8 Å². The predicted molar refractivity (Wildman–Crippen MR) is 133 cm³/mol. The summed E-state index contributed by atoms with van der Waals surface area (Å²) in [6.07, 6.45) is 3.94. The molecule has 0 aromatic heterocycles. The van der Waals surface area contributed by atoms with Gasteiger partial charge in [0.2, 0.25) is 5.91 Å². The molecule has 1 saturated heterocycles. The zero-order valence-electron chi connectivity index (χ0n) is 20.7. The lowest BCUT2D eigenvalue weighted by atomic mass is 10.0. The first-order chi connectivity index (χ1) is 16.3. The third kappa shape index (κ3) is 6.92. The van der Waals surface area contributed by atoms with Crippen LogP contribution in [0.3, 0.4) is 0 Å². The molecular weight excluding hydrogens is 428 g/mol. The minimum Gasteiger partial charge on any atom is -0.457 e. The maximum absolute atomic E-state index is 12.6. The van der Waals surface area contributed by atoms with E-state index in [4.69, 9.17) is 4.74 Å². The van der Waals surface area contributed by atoms with Gasteiger partial charge in [0.05, 0.1) is 0 Å². The molecular formula is C28H36N2O4. The van der Waals surface area contributed by atoms with Crippen molar-refractivity contribution in [2.75, 3.05) is 13.1 Å². The Bertz CT molecular complexity index is 1010. The van der Waals surface area contributed by atoms with Crippen LogP contribution in [0.4, 0.5) is 0 Å². The van der Waals surface area contributed by atoms with E-state index in [1.165, 1.54) is 6.92 Å². The summed E-state index contributed by atoms with van der Waals surface area (Å²) in [5.41, 5.74) is 1.97. The molecule has 1 aliphatic heterocycles. The summed E-state index contributed by atoms with van der Waals surface area (Å²) in [5, 5.41) is 2.90. The Balaban J connectivity index is 1.75. The van der Waals surface area contributed by atoms with Crippen molar-refractivity contribution in [3.05, 3.63) is 59.2 Å². The second kappa shape index (κ2) is 11.8. The molecule has 1 aliphatic rings. The van der Waals surface area contributed by atoms with E-state index < -0.39 is 0 Å². The largest absolute Gasteiger partial charge is 0.457 e. The number of hydrogen-bond donors (Lipinski definition) is 1. The number of ether oxygens (including phenoxy) is 1. The molecule has 2 aromatic rings.